The summed E-state index contributed by atoms with van der Waals surface area (Å²) >= 11 is 0. The van der Waals surface area contributed by atoms with Crippen molar-refractivity contribution in [2.75, 3.05) is 11.9 Å². The van der Waals surface area contributed by atoms with Crippen LogP contribution in [0.25, 0.3) is 5.69 Å². The first kappa shape index (κ1) is 16.8. The average molecular weight is 335 g/mol. The maximum atomic E-state index is 12.3. The molecule has 0 fully saturated rings. The Balaban J connectivity index is 1.74. The van der Waals surface area contributed by atoms with Crippen molar-refractivity contribution in [3.63, 3.8) is 0 Å². The predicted octanol–water partition coefficient (Wildman–Crippen LogP) is 3.82. The highest BCUT2D eigenvalue weighted by Crippen LogP contribution is 2.22. The third-order valence-electron chi connectivity index (χ3n) is 3.87. The largest absolute Gasteiger partial charge is 0.483 e. The van der Waals surface area contributed by atoms with E-state index in [9.17, 15) is 4.79 Å². The molecular weight excluding hydrogens is 314 g/mol. The summed E-state index contributed by atoms with van der Waals surface area (Å²) in [5.41, 5.74) is 4.47. The number of hydrogen-bond acceptors (Lipinski definition) is 3. The molecule has 3 rings (SSSR count). The van der Waals surface area contributed by atoms with Crippen molar-refractivity contribution in [1.82, 2.24) is 9.78 Å². The second-order valence-electron chi connectivity index (χ2n) is 5.96. The van der Waals surface area contributed by atoms with Gasteiger partial charge in [0.1, 0.15) is 5.75 Å². The number of hydrogen-bond donors (Lipinski definition) is 1. The standard InChI is InChI=1S/C20H21N3O2/c1-14-8-4-7-11-19(14)25-13-20(24)21-17-9-5-6-10-18(17)23-16(3)12-15(2)22-23/h4-12H,13H2,1-3H3,(H,21,24). The van der Waals surface area contributed by atoms with Crippen LogP contribution in [0.5, 0.6) is 5.75 Å². The first-order valence-corrected chi connectivity index (χ1v) is 8.15. The molecule has 1 aromatic heterocycles. The van der Waals surface area contributed by atoms with Gasteiger partial charge in [0, 0.05) is 5.69 Å². The Morgan fingerprint density at radius 1 is 1.08 bits per heavy atom. The molecule has 3 aromatic rings. The van der Waals surface area contributed by atoms with Crippen molar-refractivity contribution in [3.05, 3.63) is 71.5 Å². The highest BCUT2D eigenvalue weighted by Gasteiger charge is 2.12. The molecule has 0 spiro atoms. The van der Waals surface area contributed by atoms with E-state index in [4.69, 9.17) is 4.74 Å². The van der Waals surface area contributed by atoms with Gasteiger partial charge in [0.05, 0.1) is 17.1 Å². The minimum absolute atomic E-state index is 0.0453. The third kappa shape index (κ3) is 3.88. The quantitative estimate of drug-likeness (QED) is 0.771. The van der Waals surface area contributed by atoms with Crippen LogP contribution in [-0.2, 0) is 4.79 Å². The highest BCUT2D eigenvalue weighted by molar-refractivity contribution is 5.93. The second kappa shape index (κ2) is 7.21. The van der Waals surface area contributed by atoms with Crippen LogP contribution in [0, 0.1) is 20.8 Å². The van der Waals surface area contributed by atoms with E-state index in [-0.39, 0.29) is 12.5 Å². The van der Waals surface area contributed by atoms with Gasteiger partial charge in [0.15, 0.2) is 6.61 Å². The van der Waals surface area contributed by atoms with Gasteiger partial charge in [-0.05, 0) is 50.6 Å². The zero-order valence-electron chi connectivity index (χ0n) is 14.6. The molecule has 0 aliphatic carbocycles. The van der Waals surface area contributed by atoms with Gasteiger partial charge < -0.3 is 10.1 Å². The molecule has 25 heavy (non-hydrogen) atoms. The Kier molecular flexibility index (Phi) is 4.84. The van der Waals surface area contributed by atoms with Crippen LogP contribution in [0.15, 0.2) is 54.6 Å². The molecule has 128 valence electrons. The maximum absolute atomic E-state index is 12.3. The smallest absolute Gasteiger partial charge is 0.262 e. The van der Waals surface area contributed by atoms with Gasteiger partial charge in [-0.1, -0.05) is 30.3 Å². The summed E-state index contributed by atoms with van der Waals surface area (Å²) in [7, 11) is 0. The number of carbonyl (C=O) groups excluding carboxylic acids is 1. The minimum atomic E-state index is -0.211. The van der Waals surface area contributed by atoms with E-state index in [2.05, 4.69) is 10.4 Å². The summed E-state index contributed by atoms with van der Waals surface area (Å²) < 4.78 is 7.44. The zero-order valence-corrected chi connectivity index (χ0v) is 14.6. The van der Waals surface area contributed by atoms with Gasteiger partial charge in [-0.15, -0.1) is 0 Å². The number of amides is 1. The van der Waals surface area contributed by atoms with Crippen LogP contribution in [0.1, 0.15) is 17.0 Å². The summed E-state index contributed by atoms with van der Waals surface area (Å²) in [6, 6.07) is 17.2. The van der Waals surface area contributed by atoms with Gasteiger partial charge in [-0.3, -0.25) is 4.79 Å². The van der Waals surface area contributed by atoms with E-state index in [1.165, 1.54) is 0 Å². The Bertz CT molecular complexity index is 899. The molecule has 1 heterocycles. The molecule has 0 saturated carbocycles. The second-order valence-corrected chi connectivity index (χ2v) is 5.96. The number of rotatable bonds is 5. The number of carbonyl (C=O) groups is 1. The van der Waals surface area contributed by atoms with Crippen molar-refractivity contribution in [2.45, 2.75) is 20.8 Å². The number of nitrogens with one attached hydrogen (secondary N) is 1. The molecule has 5 nitrogen and oxygen atoms in total. The van der Waals surface area contributed by atoms with E-state index in [1.54, 1.807) is 0 Å². The van der Waals surface area contributed by atoms with Crippen LogP contribution in [0.2, 0.25) is 0 Å². The highest BCUT2D eigenvalue weighted by atomic mass is 16.5. The molecule has 0 aliphatic rings. The summed E-state index contributed by atoms with van der Waals surface area (Å²) in [5, 5.41) is 7.40. The van der Waals surface area contributed by atoms with E-state index < -0.39 is 0 Å². The predicted molar refractivity (Wildman–Crippen MR) is 98.3 cm³/mol. The molecule has 0 unspecified atom stereocenters. The number of anilines is 1. The Morgan fingerprint density at radius 2 is 1.80 bits per heavy atom. The lowest BCUT2D eigenvalue weighted by Crippen LogP contribution is -2.21. The van der Waals surface area contributed by atoms with Crippen LogP contribution in [0.4, 0.5) is 5.69 Å². The van der Waals surface area contributed by atoms with Crippen LogP contribution in [-0.4, -0.2) is 22.3 Å². The maximum Gasteiger partial charge on any atom is 0.262 e. The van der Waals surface area contributed by atoms with E-state index in [0.717, 1.165) is 22.6 Å². The van der Waals surface area contributed by atoms with Crippen LogP contribution < -0.4 is 10.1 Å². The van der Waals surface area contributed by atoms with Crippen LogP contribution in [0.3, 0.4) is 0 Å². The molecule has 1 N–H and O–H groups in total. The third-order valence-corrected chi connectivity index (χ3v) is 3.87. The number of para-hydroxylation sites is 3. The summed E-state index contributed by atoms with van der Waals surface area (Å²) in [5.74, 6) is 0.502. The minimum Gasteiger partial charge on any atom is -0.483 e. The first-order chi connectivity index (χ1) is 12.0. The fourth-order valence-corrected chi connectivity index (χ4v) is 2.68. The molecule has 1 amide bonds. The monoisotopic (exact) mass is 335 g/mol. The van der Waals surface area contributed by atoms with Crippen molar-refractivity contribution < 1.29 is 9.53 Å². The van der Waals surface area contributed by atoms with E-state index in [0.29, 0.717) is 11.4 Å². The lowest BCUT2D eigenvalue weighted by atomic mass is 10.2. The van der Waals surface area contributed by atoms with Gasteiger partial charge in [0.25, 0.3) is 5.91 Å². The molecule has 0 saturated heterocycles. The van der Waals surface area contributed by atoms with E-state index in [1.807, 2.05) is 80.1 Å². The number of ether oxygens (including phenoxy) is 1. The van der Waals surface area contributed by atoms with Gasteiger partial charge >= 0.3 is 0 Å². The first-order valence-electron chi connectivity index (χ1n) is 8.15. The lowest BCUT2D eigenvalue weighted by molar-refractivity contribution is -0.118. The molecule has 0 radical (unpaired) electrons. The Morgan fingerprint density at radius 3 is 2.52 bits per heavy atom. The van der Waals surface area contributed by atoms with Gasteiger partial charge in [-0.25, -0.2) is 4.68 Å². The molecule has 0 atom stereocenters. The van der Waals surface area contributed by atoms with E-state index >= 15 is 0 Å². The van der Waals surface area contributed by atoms with Crippen molar-refractivity contribution >= 4 is 11.6 Å². The summed E-state index contributed by atoms with van der Waals surface area (Å²) in [6.07, 6.45) is 0. The molecule has 2 aromatic carbocycles. The summed E-state index contributed by atoms with van der Waals surface area (Å²) in [4.78, 5) is 12.3. The van der Waals surface area contributed by atoms with Gasteiger partial charge in [-0.2, -0.15) is 5.10 Å². The van der Waals surface area contributed by atoms with Crippen molar-refractivity contribution in [1.29, 1.82) is 0 Å². The number of aryl methyl sites for hydroxylation is 3. The average Bonchev–Trinajstić information content (AvgIpc) is 2.93. The van der Waals surface area contributed by atoms with Gasteiger partial charge in [0.2, 0.25) is 0 Å². The fourth-order valence-electron chi connectivity index (χ4n) is 2.68. The Labute approximate surface area is 147 Å². The van der Waals surface area contributed by atoms with Crippen molar-refractivity contribution in [3.8, 4) is 11.4 Å². The fraction of sp³-hybridized carbons (Fsp3) is 0.200. The number of benzene rings is 2. The number of aromatic nitrogens is 2. The normalized spacial score (nSPS) is 10.5. The number of nitrogens with zero attached hydrogens (tertiary/aromatic N) is 2. The summed E-state index contributed by atoms with van der Waals surface area (Å²) in [6.45, 7) is 5.84. The lowest BCUT2D eigenvalue weighted by Gasteiger charge is -2.13. The SMILES string of the molecule is Cc1cc(C)n(-c2ccccc2NC(=O)COc2ccccc2C)n1. The van der Waals surface area contributed by atoms with Crippen LogP contribution >= 0.6 is 0 Å². The molecule has 0 bridgehead atoms. The molecule has 0 aliphatic heterocycles. The molecule has 5 heteroatoms. The Hall–Kier alpha value is -3.08. The zero-order chi connectivity index (χ0) is 17.8. The van der Waals surface area contributed by atoms with Crippen molar-refractivity contribution in [2.24, 2.45) is 0 Å². The molecular formula is C20H21N3O2. The topological polar surface area (TPSA) is 56.2 Å².